The van der Waals surface area contributed by atoms with E-state index < -0.39 is 0 Å². The third kappa shape index (κ3) is 5.21. The highest BCUT2D eigenvalue weighted by Gasteiger charge is 2.07. The van der Waals surface area contributed by atoms with Crippen molar-refractivity contribution in [2.45, 2.75) is 20.2 Å². The van der Waals surface area contributed by atoms with Crippen molar-refractivity contribution >= 4 is 46.5 Å². The van der Waals surface area contributed by atoms with E-state index in [4.69, 9.17) is 11.6 Å². The number of nitrogens with zero attached hydrogens (tertiary/aromatic N) is 2. The Hall–Kier alpha value is -1.08. The second kappa shape index (κ2) is 8.15. The molecule has 0 saturated carbocycles. The average Bonchev–Trinajstić information content (AvgIpc) is 3.00. The largest absolute Gasteiger partial charge is 0.207 e. The van der Waals surface area contributed by atoms with Crippen LogP contribution < -0.4 is 0 Å². The summed E-state index contributed by atoms with van der Waals surface area (Å²) in [5, 5.41) is 9.11. The molecule has 118 valence electrons. The summed E-state index contributed by atoms with van der Waals surface area (Å²) in [7, 11) is 0. The molecule has 2 nitrogen and oxygen atoms in total. The molecule has 0 atom stereocenters. The van der Waals surface area contributed by atoms with Gasteiger partial charge in [0.1, 0.15) is 5.82 Å². The van der Waals surface area contributed by atoms with Crippen LogP contribution in [0.5, 0.6) is 0 Å². The number of thioether (sulfide) groups is 2. The highest BCUT2D eigenvalue weighted by Crippen LogP contribution is 2.32. The summed E-state index contributed by atoms with van der Waals surface area (Å²) in [6.07, 6.45) is 0. The van der Waals surface area contributed by atoms with Gasteiger partial charge in [-0.25, -0.2) is 4.39 Å². The van der Waals surface area contributed by atoms with Crippen molar-refractivity contribution < 1.29 is 4.39 Å². The Balaban J connectivity index is 1.52. The van der Waals surface area contributed by atoms with E-state index in [0.717, 1.165) is 25.0 Å². The van der Waals surface area contributed by atoms with E-state index in [2.05, 4.69) is 10.2 Å². The van der Waals surface area contributed by atoms with Gasteiger partial charge >= 0.3 is 0 Å². The molecule has 2 aromatic carbocycles. The van der Waals surface area contributed by atoms with E-state index >= 15 is 0 Å². The van der Waals surface area contributed by atoms with Gasteiger partial charge in [-0.1, -0.05) is 70.7 Å². The number of aromatic nitrogens is 2. The molecule has 0 spiro atoms. The van der Waals surface area contributed by atoms with E-state index in [1.807, 2.05) is 30.3 Å². The first-order valence-corrected chi connectivity index (χ1v) is 9.93. The Kier molecular flexibility index (Phi) is 5.94. The number of rotatable bonds is 6. The van der Waals surface area contributed by atoms with Gasteiger partial charge in [0, 0.05) is 16.5 Å². The summed E-state index contributed by atoms with van der Waals surface area (Å²) in [6, 6.07) is 14.4. The molecule has 1 aromatic heterocycles. The van der Waals surface area contributed by atoms with Crippen molar-refractivity contribution in [3.63, 3.8) is 0 Å². The smallest absolute Gasteiger partial charge is 0.175 e. The first-order valence-electron chi connectivity index (χ1n) is 6.77. The van der Waals surface area contributed by atoms with Crippen LogP contribution in [0.3, 0.4) is 0 Å². The van der Waals surface area contributed by atoms with E-state index in [9.17, 15) is 4.39 Å². The van der Waals surface area contributed by atoms with Gasteiger partial charge in [-0.15, -0.1) is 10.2 Å². The molecule has 0 aliphatic rings. The summed E-state index contributed by atoms with van der Waals surface area (Å²) in [6.45, 7) is 0. The van der Waals surface area contributed by atoms with E-state index in [1.165, 1.54) is 11.6 Å². The SMILES string of the molecule is Fc1cccc(CSc2nnc(SCc3ccc(Cl)cc3)s2)c1. The summed E-state index contributed by atoms with van der Waals surface area (Å²) in [4.78, 5) is 0. The molecule has 0 aliphatic carbocycles. The predicted molar refractivity (Wildman–Crippen MR) is 96.9 cm³/mol. The van der Waals surface area contributed by atoms with Crippen molar-refractivity contribution in [3.8, 4) is 0 Å². The fourth-order valence-electron chi connectivity index (χ4n) is 1.81. The summed E-state index contributed by atoms with van der Waals surface area (Å²) >= 11 is 10.7. The average molecular weight is 383 g/mol. The maximum Gasteiger partial charge on any atom is 0.175 e. The van der Waals surface area contributed by atoms with Crippen LogP contribution in [0.2, 0.25) is 5.02 Å². The lowest BCUT2D eigenvalue weighted by Gasteiger charge is -1.99. The molecule has 0 N–H and O–H groups in total. The van der Waals surface area contributed by atoms with Crippen molar-refractivity contribution in [1.29, 1.82) is 0 Å². The molecule has 0 saturated heterocycles. The lowest BCUT2D eigenvalue weighted by atomic mass is 10.2. The van der Waals surface area contributed by atoms with Gasteiger partial charge in [0.05, 0.1) is 0 Å². The molecule has 0 unspecified atom stereocenters. The van der Waals surface area contributed by atoms with Crippen LogP contribution in [0.15, 0.2) is 57.2 Å². The molecule has 1 heterocycles. The molecule has 0 bridgehead atoms. The quantitative estimate of drug-likeness (QED) is 0.494. The fraction of sp³-hybridized carbons (Fsp3) is 0.125. The van der Waals surface area contributed by atoms with Crippen LogP contribution in [-0.4, -0.2) is 10.2 Å². The van der Waals surface area contributed by atoms with Crippen LogP contribution in [0.1, 0.15) is 11.1 Å². The van der Waals surface area contributed by atoms with Crippen LogP contribution in [-0.2, 0) is 11.5 Å². The van der Waals surface area contributed by atoms with Crippen LogP contribution in [0.4, 0.5) is 4.39 Å². The number of hydrogen-bond acceptors (Lipinski definition) is 5. The second-order valence-corrected chi connectivity index (χ2v) is 8.53. The van der Waals surface area contributed by atoms with Gasteiger partial charge in [-0.05, 0) is 35.4 Å². The van der Waals surface area contributed by atoms with Crippen LogP contribution in [0.25, 0.3) is 0 Å². The first kappa shape index (κ1) is 16.8. The Morgan fingerprint density at radius 3 is 2.22 bits per heavy atom. The number of hydrogen-bond donors (Lipinski definition) is 0. The maximum atomic E-state index is 13.1. The summed E-state index contributed by atoms with van der Waals surface area (Å²) in [5.74, 6) is 1.31. The zero-order chi connectivity index (χ0) is 16.1. The number of benzene rings is 2. The van der Waals surface area contributed by atoms with Gasteiger partial charge in [0.15, 0.2) is 8.68 Å². The Morgan fingerprint density at radius 1 is 0.913 bits per heavy atom. The van der Waals surface area contributed by atoms with Gasteiger partial charge in [-0.3, -0.25) is 0 Å². The lowest BCUT2D eigenvalue weighted by molar-refractivity contribution is 0.626. The third-order valence-electron chi connectivity index (χ3n) is 2.91. The Bertz CT molecular complexity index is 777. The van der Waals surface area contributed by atoms with Gasteiger partial charge in [0.2, 0.25) is 0 Å². The Labute approximate surface area is 151 Å². The molecule has 23 heavy (non-hydrogen) atoms. The number of halogens is 2. The van der Waals surface area contributed by atoms with Gasteiger partial charge in [-0.2, -0.15) is 0 Å². The molecule has 3 aromatic rings. The van der Waals surface area contributed by atoms with Crippen molar-refractivity contribution in [3.05, 3.63) is 70.5 Å². The minimum absolute atomic E-state index is 0.209. The van der Waals surface area contributed by atoms with Crippen LogP contribution >= 0.6 is 46.5 Å². The maximum absolute atomic E-state index is 13.1. The van der Waals surface area contributed by atoms with Crippen LogP contribution in [0, 0.1) is 5.82 Å². The van der Waals surface area contributed by atoms with E-state index in [1.54, 1.807) is 47.0 Å². The topological polar surface area (TPSA) is 25.8 Å². The molecule has 0 radical (unpaired) electrons. The summed E-state index contributed by atoms with van der Waals surface area (Å²) < 4.78 is 15.0. The molecule has 7 heteroatoms. The van der Waals surface area contributed by atoms with Gasteiger partial charge in [0.25, 0.3) is 0 Å². The standard InChI is InChI=1S/C16H12ClFN2S3/c17-13-6-4-11(5-7-13)9-21-15-19-20-16(23-15)22-10-12-2-1-3-14(18)8-12/h1-8H,9-10H2. The first-order chi connectivity index (χ1) is 11.2. The van der Waals surface area contributed by atoms with Crippen molar-refractivity contribution in [1.82, 2.24) is 10.2 Å². The Morgan fingerprint density at radius 2 is 1.57 bits per heavy atom. The highest BCUT2D eigenvalue weighted by atomic mass is 35.5. The van der Waals surface area contributed by atoms with E-state index in [-0.39, 0.29) is 5.82 Å². The van der Waals surface area contributed by atoms with Crippen molar-refractivity contribution in [2.75, 3.05) is 0 Å². The van der Waals surface area contributed by atoms with Crippen molar-refractivity contribution in [2.24, 2.45) is 0 Å². The monoisotopic (exact) mass is 382 g/mol. The lowest BCUT2D eigenvalue weighted by Crippen LogP contribution is -1.82. The summed E-state index contributed by atoms with van der Waals surface area (Å²) in [5.41, 5.74) is 2.14. The molecular formula is C16H12ClFN2S3. The molecule has 3 rings (SSSR count). The fourth-order valence-corrected chi connectivity index (χ4v) is 4.86. The molecule has 0 amide bonds. The van der Waals surface area contributed by atoms with Gasteiger partial charge < -0.3 is 0 Å². The molecular weight excluding hydrogens is 371 g/mol. The molecule has 0 fully saturated rings. The second-order valence-electron chi connectivity index (χ2n) is 4.67. The highest BCUT2D eigenvalue weighted by molar-refractivity contribution is 8.02. The zero-order valence-electron chi connectivity index (χ0n) is 11.9. The third-order valence-corrected chi connectivity index (χ3v) is 6.50. The normalized spacial score (nSPS) is 10.9. The molecule has 0 aliphatic heterocycles. The van der Waals surface area contributed by atoms with E-state index in [0.29, 0.717) is 5.75 Å². The zero-order valence-corrected chi connectivity index (χ0v) is 15.1. The minimum atomic E-state index is -0.209. The minimum Gasteiger partial charge on any atom is -0.207 e. The predicted octanol–water partition coefficient (Wildman–Crippen LogP) is 5.92.